The third kappa shape index (κ3) is 5.31. The van der Waals surface area contributed by atoms with Crippen LogP contribution in [0.5, 0.6) is 0 Å². The molecule has 3 rings (SSSR count). The maximum absolute atomic E-state index is 13.1. The van der Waals surface area contributed by atoms with Gasteiger partial charge in [0.25, 0.3) is 0 Å². The summed E-state index contributed by atoms with van der Waals surface area (Å²) >= 11 is 1.61. The molecule has 0 spiro atoms. The molecule has 2 heterocycles. The van der Waals surface area contributed by atoms with Gasteiger partial charge < -0.3 is 15.5 Å². The summed E-state index contributed by atoms with van der Waals surface area (Å²) in [5.74, 6) is -0.367. The minimum Gasteiger partial charge on any atom is -0.350 e. The molecule has 1 aromatic heterocycles. The Kier molecular flexibility index (Phi) is 7.10. The molecule has 1 unspecified atom stereocenters. The Labute approximate surface area is 187 Å². The number of likely N-dealkylation sites (tertiary alicyclic amines) is 1. The van der Waals surface area contributed by atoms with Crippen LogP contribution in [0.2, 0.25) is 0 Å². The highest BCUT2D eigenvalue weighted by Gasteiger charge is 2.40. The maximum Gasteiger partial charge on any atom is 0.246 e. The van der Waals surface area contributed by atoms with Crippen LogP contribution >= 0.6 is 11.3 Å². The van der Waals surface area contributed by atoms with Crippen LogP contribution in [0.1, 0.15) is 44.9 Å². The van der Waals surface area contributed by atoms with E-state index in [2.05, 4.69) is 15.6 Å². The second-order valence-electron chi connectivity index (χ2n) is 8.95. The van der Waals surface area contributed by atoms with Crippen molar-refractivity contribution in [1.82, 2.24) is 20.5 Å². The number of aryl methyl sites for hydroxylation is 1. The number of aromatic nitrogens is 1. The van der Waals surface area contributed by atoms with E-state index < -0.39 is 17.5 Å². The number of rotatable bonds is 7. The van der Waals surface area contributed by atoms with Crippen molar-refractivity contribution in [2.45, 2.75) is 59.2 Å². The first kappa shape index (κ1) is 22.9. The Bertz CT molecular complexity index is 933. The second kappa shape index (κ2) is 9.60. The molecule has 1 aliphatic rings. The molecule has 8 heteroatoms. The zero-order valence-corrected chi connectivity index (χ0v) is 19.3. The van der Waals surface area contributed by atoms with E-state index in [1.165, 1.54) is 0 Å². The molecule has 2 atom stereocenters. The van der Waals surface area contributed by atoms with Crippen LogP contribution in [-0.2, 0) is 20.9 Å². The van der Waals surface area contributed by atoms with Crippen molar-refractivity contribution in [2.75, 3.05) is 6.54 Å². The second-order valence-corrected chi connectivity index (χ2v) is 9.81. The van der Waals surface area contributed by atoms with Crippen molar-refractivity contribution in [1.29, 1.82) is 0 Å². The van der Waals surface area contributed by atoms with Crippen LogP contribution < -0.4 is 10.6 Å². The van der Waals surface area contributed by atoms with Crippen molar-refractivity contribution in [3.05, 3.63) is 41.0 Å². The minimum atomic E-state index is -0.666. The first-order valence-corrected chi connectivity index (χ1v) is 11.4. The number of carbonyl (C=O) groups excluding carboxylic acids is 3. The molecule has 0 aliphatic carbocycles. The fourth-order valence-electron chi connectivity index (χ4n) is 3.89. The van der Waals surface area contributed by atoms with E-state index in [4.69, 9.17) is 0 Å². The van der Waals surface area contributed by atoms with Gasteiger partial charge in [-0.15, -0.1) is 11.3 Å². The van der Waals surface area contributed by atoms with Gasteiger partial charge in [0.05, 0.1) is 16.1 Å². The molecule has 1 aromatic carbocycles. The van der Waals surface area contributed by atoms with Crippen molar-refractivity contribution in [3.8, 4) is 10.4 Å². The number of benzene rings is 1. The lowest BCUT2D eigenvalue weighted by Crippen LogP contribution is -2.56. The summed E-state index contributed by atoms with van der Waals surface area (Å²) in [7, 11) is 0. The normalized spacial score (nSPS) is 17.3. The van der Waals surface area contributed by atoms with Crippen molar-refractivity contribution >= 4 is 29.6 Å². The van der Waals surface area contributed by atoms with E-state index in [1.54, 1.807) is 16.2 Å². The molecule has 7 nitrogen and oxygen atoms in total. The molecule has 0 saturated carbocycles. The van der Waals surface area contributed by atoms with Crippen molar-refractivity contribution in [3.63, 3.8) is 0 Å². The minimum absolute atomic E-state index is 0.160. The van der Waals surface area contributed by atoms with E-state index in [0.717, 1.165) is 28.1 Å². The zero-order chi connectivity index (χ0) is 22.6. The van der Waals surface area contributed by atoms with Crippen LogP contribution in [0.15, 0.2) is 29.8 Å². The molecule has 0 radical (unpaired) electrons. The quantitative estimate of drug-likeness (QED) is 0.645. The highest BCUT2D eigenvalue weighted by atomic mass is 32.1. The zero-order valence-electron chi connectivity index (χ0n) is 18.5. The van der Waals surface area contributed by atoms with E-state index in [1.807, 2.05) is 57.5 Å². The summed E-state index contributed by atoms with van der Waals surface area (Å²) in [4.78, 5) is 44.0. The van der Waals surface area contributed by atoms with Gasteiger partial charge in [-0.2, -0.15) is 0 Å². The largest absolute Gasteiger partial charge is 0.350 e. The van der Waals surface area contributed by atoms with E-state index in [9.17, 15) is 14.4 Å². The molecular formula is C23H30N4O3S. The van der Waals surface area contributed by atoms with Gasteiger partial charge in [0.2, 0.25) is 18.2 Å². The number of thiazole rings is 1. The Morgan fingerprint density at radius 1 is 1.29 bits per heavy atom. The summed E-state index contributed by atoms with van der Waals surface area (Å²) in [5, 5.41) is 5.60. The predicted molar refractivity (Wildman–Crippen MR) is 121 cm³/mol. The first-order chi connectivity index (χ1) is 14.7. The van der Waals surface area contributed by atoms with Gasteiger partial charge in [-0.25, -0.2) is 4.98 Å². The van der Waals surface area contributed by atoms with Gasteiger partial charge in [0.15, 0.2) is 0 Å². The van der Waals surface area contributed by atoms with Crippen LogP contribution in [0, 0.1) is 12.3 Å². The van der Waals surface area contributed by atoms with Crippen LogP contribution in [0.25, 0.3) is 10.4 Å². The smallest absolute Gasteiger partial charge is 0.246 e. The van der Waals surface area contributed by atoms with Crippen molar-refractivity contribution < 1.29 is 14.4 Å². The molecule has 0 bridgehead atoms. The standard InChI is InChI=1S/C23H30N4O3S/c1-15-19(31-14-26-15)17-9-7-16(8-10-17)12-24-21(29)18-6-5-11-27(18)22(30)20(25-13-28)23(2,3)4/h7-10,13-14,18,20H,5-6,11-12H2,1-4H3,(H,24,29)(H,25,28)/t18?,20-/m1/s1. The molecule has 2 N–H and O–H groups in total. The summed E-state index contributed by atoms with van der Waals surface area (Å²) in [6.07, 6.45) is 1.94. The first-order valence-electron chi connectivity index (χ1n) is 10.5. The Hall–Kier alpha value is -2.74. The summed E-state index contributed by atoms with van der Waals surface area (Å²) < 4.78 is 0. The fourth-order valence-corrected chi connectivity index (χ4v) is 4.70. The average Bonchev–Trinajstić information content (AvgIpc) is 3.38. The van der Waals surface area contributed by atoms with Gasteiger partial charge in [-0.1, -0.05) is 45.0 Å². The third-order valence-corrected chi connectivity index (χ3v) is 6.59. The van der Waals surface area contributed by atoms with Gasteiger partial charge in [-0.3, -0.25) is 14.4 Å². The number of carbonyl (C=O) groups is 3. The van der Waals surface area contributed by atoms with E-state index in [0.29, 0.717) is 25.9 Å². The SMILES string of the molecule is Cc1ncsc1-c1ccc(CNC(=O)C2CCCN2C(=O)[C@@H](NC=O)C(C)(C)C)cc1. The van der Waals surface area contributed by atoms with Crippen LogP contribution in [-0.4, -0.2) is 46.7 Å². The summed E-state index contributed by atoms with van der Waals surface area (Å²) in [5.41, 5.74) is 4.50. The average molecular weight is 443 g/mol. The maximum atomic E-state index is 13.1. The Morgan fingerprint density at radius 2 is 2.00 bits per heavy atom. The Morgan fingerprint density at radius 3 is 2.58 bits per heavy atom. The molecule has 1 fully saturated rings. The molecule has 3 amide bonds. The highest BCUT2D eigenvalue weighted by molar-refractivity contribution is 7.13. The van der Waals surface area contributed by atoms with Gasteiger partial charge in [-0.05, 0) is 36.3 Å². The molecule has 1 saturated heterocycles. The number of hydrogen-bond donors (Lipinski definition) is 2. The lowest BCUT2D eigenvalue weighted by molar-refractivity contribution is -0.142. The monoisotopic (exact) mass is 442 g/mol. The third-order valence-electron chi connectivity index (χ3n) is 5.61. The van der Waals surface area contributed by atoms with Gasteiger partial charge in [0.1, 0.15) is 12.1 Å². The lowest BCUT2D eigenvalue weighted by Gasteiger charge is -2.34. The van der Waals surface area contributed by atoms with Crippen LogP contribution in [0.4, 0.5) is 0 Å². The van der Waals surface area contributed by atoms with E-state index in [-0.39, 0.29) is 11.8 Å². The molecule has 2 aromatic rings. The predicted octanol–water partition coefficient (Wildman–Crippen LogP) is 2.89. The van der Waals surface area contributed by atoms with Crippen molar-refractivity contribution in [2.24, 2.45) is 5.41 Å². The summed E-state index contributed by atoms with van der Waals surface area (Å²) in [6, 6.07) is 6.89. The summed E-state index contributed by atoms with van der Waals surface area (Å²) in [6.45, 7) is 8.60. The Balaban J connectivity index is 1.62. The number of amides is 3. The molecule has 1 aliphatic heterocycles. The number of nitrogens with one attached hydrogen (secondary N) is 2. The molecule has 31 heavy (non-hydrogen) atoms. The highest BCUT2D eigenvalue weighted by Crippen LogP contribution is 2.28. The van der Waals surface area contributed by atoms with Gasteiger partial charge >= 0.3 is 0 Å². The van der Waals surface area contributed by atoms with Gasteiger partial charge in [0, 0.05) is 13.1 Å². The lowest BCUT2D eigenvalue weighted by atomic mass is 9.85. The van der Waals surface area contributed by atoms with E-state index >= 15 is 0 Å². The fraction of sp³-hybridized carbons (Fsp3) is 0.478. The number of nitrogens with zero attached hydrogens (tertiary/aromatic N) is 2. The topological polar surface area (TPSA) is 91.4 Å². The molecular weight excluding hydrogens is 412 g/mol. The number of hydrogen-bond acceptors (Lipinski definition) is 5. The molecule has 166 valence electrons. The van der Waals surface area contributed by atoms with Crippen LogP contribution in [0.3, 0.4) is 0 Å².